The van der Waals surface area contributed by atoms with Gasteiger partial charge in [0.15, 0.2) is 0 Å². The van der Waals surface area contributed by atoms with Crippen LogP contribution in [-0.4, -0.2) is 17.9 Å². The molecule has 5 nitrogen and oxygen atoms in total. The van der Waals surface area contributed by atoms with Crippen LogP contribution in [0.4, 0.5) is 11.4 Å². The lowest BCUT2D eigenvalue weighted by Crippen LogP contribution is -2.39. The lowest BCUT2D eigenvalue weighted by Gasteiger charge is -2.15. The van der Waals surface area contributed by atoms with Crippen molar-refractivity contribution in [2.24, 2.45) is 17.6 Å². The Labute approximate surface area is 126 Å². The Balaban J connectivity index is 2.58. The fourth-order valence-electron chi connectivity index (χ4n) is 1.75. The molecule has 0 unspecified atom stereocenters. The molecule has 0 spiro atoms. The van der Waals surface area contributed by atoms with Crippen molar-refractivity contribution < 1.29 is 9.59 Å². The first-order valence-corrected chi connectivity index (χ1v) is 7.26. The quantitative estimate of drug-likeness (QED) is 0.753. The first-order chi connectivity index (χ1) is 9.79. The highest BCUT2D eigenvalue weighted by Gasteiger charge is 2.17. The van der Waals surface area contributed by atoms with Crippen LogP contribution in [0.15, 0.2) is 24.3 Å². The molecule has 1 aromatic rings. The van der Waals surface area contributed by atoms with E-state index in [1.54, 1.807) is 24.3 Å². The molecule has 0 radical (unpaired) electrons. The number of nitrogens with two attached hydrogens (primary N) is 1. The van der Waals surface area contributed by atoms with E-state index in [0.29, 0.717) is 23.7 Å². The molecular weight excluding hydrogens is 266 g/mol. The molecule has 0 fully saturated rings. The second-order valence-corrected chi connectivity index (χ2v) is 5.98. The molecule has 0 aliphatic carbocycles. The summed E-state index contributed by atoms with van der Waals surface area (Å²) in [6.45, 7) is 7.79. The Bertz CT molecular complexity index is 481. The summed E-state index contributed by atoms with van der Waals surface area (Å²) in [4.78, 5) is 23.5. The van der Waals surface area contributed by atoms with Crippen LogP contribution in [0.5, 0.6) is 0 Å². The fourth-order valence-corrected chi connectivity index (χ4v) is 1.75. The van der Waals surface area contributed by atoms with Gasteiger partial charge in [-0.05, 0) is 36.1 Å². The summed E-state index contributed by atoms with van der Waals surface area (Å²) in [5.74, 6) is 0.186. The standard InChI is InChI=1S/C16H25N3O2/c1-10(2)9-14(20)18-12-5-7-13(8-6-12)19-16(21)15(17)11(3)4/h5-8,10-11,15H,9,17H2,1-4H3,(H,18,20)(H,19,21)/t15-/m0/s1. The summed E-state index contributed by atoms with van der Waals surface area (Å²) in [6, 6.07) is 6.48. The third kappa shape index (κ3) is 5.95. The smallest absolute Gasteiger partial charge is 0.241 e. The van der Waals surface area contributed by atoms with Crippen LogP contribution in [0.2, 0.25) is 0 Å². The maximum Gasteiger partial charge on any atom is 0.241 e. The van der Waals surface area contributed by atoms with Crippen molar-refractivity contribution in [3.63, 3.8) is 0 Å². The van der Waals surface area contributed by atoms with E-state index in [-0.39, 0.29) is 17.7 Å². The van der Waals surface area contributed by atoms with Gasteiger partial charge in [-0.2, -0.15) is 0 Å². The summed E-state index contributed by atoms with van der Waals surface area (Å²) < 4.78 is 0. The van der Waals surface area contributed by atoms with Crippen LogP contribution in [0.25, 0.3) is 0 Å². The van der Waals surface area contributed by atoms with Crippen LogP contribution in [0.3, 0.4) is 0 Å². The fraction of sp³-hybridized carbons (Fsp3) is 0.500. The Morgan fingerprint density at radius 2 is 1.48 bits per heavy atom. The zero-order valence-corrected chi connectivity index (χ0v) is 13.1. The monoisotopic (exact) mass is 291 g/mol. The molecular formula is C16H25N3O2. The molecule has 0 aromatic heterocycles. The first-order valence-electron chi connectivity index (χ1n) is 7.26. The lowest BCUT2D eigenvalue weighted by molar-refractivity contribution is -0.118. The molecule has 5 heteroatoms. The second kappa shape index (κ2) is 7.78. The number of anilines is 2. The van der Waals surface area contributed by atoms with Crippen LogP contribution < -0.4 is 16.4 Å². The van der Waals surface area contributed by atoms with E-state index in [1.807, 2.05) is 27.7 Å². The van der Waals surface area contributed by atoms with E-state index in [0.717, 1.165) is 0 Å². The number of benzene rings is 1. The van der Waals surface area contributed by atoms with Gasteiger partial charge in [0.25, 0.3) is 0 Å². The molecule has 0 heterocycles. The summed E-state index contributed by atoms with van der Waals surface area (Å²) in [5.41, 5.74) is 7.16. The normalized spacial score (nSPS) is 12.3. The van der Waals surface area contributed by atoms with Gasteiger partial charge >= 0.3 is 0 Å². The van der Waals surface area contributed by atoms with Crippen molar-refractivity contribution in [1.82, 2.24) is 0 Å². The third-order valence-corrected chi connectivity index (χ3v) is 3.05. The van der Waals surface area contributed by atoms with Crippen molar-refractivity contribution in [2.45, 2.75) is 40.2 Å². The van der Waals surface area contributed by atoms with Crippen LogP contribution in [0, 0.1) is 11.8 Å². The van der Waals surface area contributed by atoms with Gasteiger partial charge in [0.05, 0.1) is 6.04 Å². The highest BCUT2D eigenvalue weighted by molar-refractivity contribution is 5.95. The molecule has 0 saturated carbocycles. The van der Waals surface area contributed by atoms with Crippen molar-refractivity contribution in [3.05, 3.63) is 24.3 Å². The number of hydrogen-bond donors (Lipinski definition) is 3. The van der Waals surface area contributed by atoms with E-state index < -0.39 is 6.04 Å². The van der Waals surface area contributed by atoms with Crippen LogP contribution >= 0.6 is 0 Å². The van der Waals surface area contributed by atoms with E-state index in [9.17, 15) is 9.59 Å². The van der Waals surface area contributed by atoms with E-state index in [1.165, 1.54) is 0 Å². The van der Waals surface area contributed by atoms with Crippen molar-refractivity contribution in [1.29, 1.82) is 0 Å². The molecule has 1 rings (SSSR count). The maximum absolute atomic E-state index is 11.8. The number of hydrogen-bond acceptors (Lipinski definition) is 3. The molecule has 116 valence electrons. The molecule has 1 atom stereocenters. The average Bonchev–Trinajstić information content (AvgIpc) is 2.38. The largest absolute Gasteiger partial charge is 0.326 e. The summed E-state index contributed by atoms with van der Waals surface area (Å²) in [7, 11) is 0. The Kier molecular flexibility index (Phi) is 6.37. The van der Waals surface area contributed by atoms with Crippen LogP contribution in [-0.2, 0) is 9.59 Å². The van der Waals surface area contributed by atoms with Gasteiger partial charge < -0.3 is 16.4 Å². The van der Waals surface area contributed by atoms with Gasteiger partial charge in [0, 0.05) is 17.8 Å². The van der Waals surface area contributed by atoms with Gasteiger partial charge in [-0.15, -0.1) is 0 Å². The molecule has 0 aliphatic heterocycles. The summed E-state index contributed by atoms with van der Waals surface area (Å²) in [5, 5.41) is 5.58. The number of carbonyl (C=O) groups excluding carboxylic acids is 2. The second-order valence-electron chi connectivity index (χ2n) is 5.98. The van der Waals surface area contributed by atoms with Crippen molar-refractivity contribution in [3.8, 4) is 0 Å². The van der Waals surface area contributed by atoms with E-state index >= 15 is 0 Å². The maximum atomic E-state index is 11.8. The van der Waals surface area contributed by atoms with Gasteiger partial charge in [-0.1, -0.05) is 27.7 Å². The topological polar surface area (TPSA) is 84.2 Å². The summed E-state index contributed by atoms with van der Waals surface area (Å²) >= 11 is 0. The molecule has 0 bridgehead atoms. The summed E-state index contributed by atoms with van der Waals surface area (Å²) in [6.07, 6.45) is 0.488. The van der Waals surface area contributed by atoms with Gasteiger partial charge in [-0.3, -0.25) is 9.59 Å². The molecule has 2 amide bonds. The van der Waals surface area contributed by atoms with Crippen molar-refractivity contribution in [2.75, 3.05) is 10.6 Å². The highest BCUT2D eigenvalue weighted by Crippen LogP contribution is 2.15. The highest BCUT2D eigenvalue weighted by atomic mass is 16.2. The Morgan fingerprint density at radius 1 is 1.00 bits per heavy atom. The van der Waals surface area contributed by atoms with E-state index in [4.69, 9.17) is 5.73 Å². The molecule has 21 heavy (non-hydrogen) atoms. The van der Waals surface area contributed by atoms with Gasteiger partial charge in [-0.25, -0.2) is 0 Å². The SMILES string of the molecule is CC(C)CC(=O)Nc1ccc(NC(=O)[C@@H](N)C(C)C)cc1. The Hall–Kier alpha value is -1.88. The minimum atomic E-state index is -0.532. The number of nitrogens with one attached hydrogen (secondary N) is 2. The van der Waals surface area contributed by atoms with Gasteiger partial charge in [0.1, 0.15) is 0 Å². The minimum absolute atomic E-state index is 0.0105. The minimum Gasteiger partial charge on any atom is -0.326 e. The van der Waals surface area contributed by atoms with Crippen molar-refractivity contribution >= 4 is 23.2 Å². The predicted octanol–water partition coefficient (Wildman–Crippen LogP) is 2.59. The van der Waals surface area contributed by atoms with E-state index in [2.05, 4.69) is 10.6 Å². The predicted molar refractivity (Wildman–Crippen MR) is 86.0 cm³/mol. The molecule has 0 aliphatic rings. The Morgan fingerprint density at radius 3 is 1.90 bits per heavy atom. The molecule has 4 N–H and O–H groups in total. The molecule has 0 saturated heterocycles. The zero-order chi connectivity index (χ0) is 16.0. The number of carbonyl (C=O) groups is 2. The average molecular weight is 291 g/mol. The lowest BCUT2D eigenvalue weighted by atomic mass is 10.0. The van der Waals surface area contributed by atoms with Gasteiger partial charge in [0.2, 0.25) is 11.8 Å². The third-order valence-electron chi connectivity index (χ3n) is 3.05. The van der Waals surface area contributed by atoms with Crippen LogP contribution in [0.1, 0.15) is 34.1 Å². The zero-order valence-electron chi connectivity index (χ0n) is 13.1. The number of amides is 2. The number of rotatable bonds is 6. The molecule has 1 aromatic carbocycles. The first kappa shape index (κ1) is 17.2.